The molecule has 3 rings (SSSR count). The second kappa shape index (κ2) is 12.6. The summed E-state index contributed by atoms with van der Waals surface area (Å²) in [5.41, 5.74) is 3.51. The number of anilines is 2. The molecular formula is C27H32ClN5O5. The Balaban J connectivity index is 2.11. The summed E-state index contributed by atoms with van der Waals surface area (Å²) in [5, 5.41) is 14.9. The number of carbonyl (C=O) groups is 1. The van der Waals surface area contributed by atoms with Crippen LogP contribution >= 0.6 is 11.6 Å². The number of nitro groups is 1. The van der Waals surface area contributed by atoms with Crippen LogP contribution in [0.3, 0.4) is 0 Å². The van der Waals surface area contributed by atoms with Gasteiger partial charge >= 0.3 is 12.0 Å². The van der Waals surface area contributed by atoms with Crippen LogP contribution in [0, 0.1) is 10.1 Å². The molecule has 3 aromatic rings. The predicted octanol–water partition coefficient (Wildman–Crippen LogP) is 6.54. The van der Waals surface area contributed by atoms with Crippen LogP contribution in [0.1, 0.15) is 55.9 Å². The number of methoxy groups -OCH3 is 2. The minimum Gasteiger partial charge on any atom is -0.481 e. The highest BCUT2D eigenvalue weighted by Gasteiger charge is 2.26. The van der Waals surface area contributed by atoms with Gasteiger partial charge in [0, 0.05) is 18.0 Å². The number of nitrogens with zero attached hydrogens (tertiary/aromatic N) is 4. The lowest BCUT2D eigenvalue weighted by atomic mass is 10.0. The third-order valence-electron chi connectivity index (χ3n) is 6.22. The number of halogens is 1. The molecule has 38 heavy (non-hydrogen) atoms. The van der Waals surface area contributed by atoms with Gasteiger partial charge in [0.1, 0.15) is 0 Å². The number of rotatable bonds is 10. The first-order valence-corrected chi connectivity index (χ1v) is 12.6. The second-order valence-electron chi connectivity index (χ2n) is 8.83. The average molecular weight is 542 g/mol. The molecule has 1 aromatic heterocycles. The van der Waals surface area contributed by atoms with Crippen LogP contribution in [0.2, 0.25) is 5.02 Å². The molecule has 0 atom stereocenters. The molecule has 0 spiro atoms. The Morgan fingerprint density at radius 2 is 1.79 bits per heavy atom. The molecule has 2 amide bonds. The van der Waals surface area contributed by atoms with E-state index >= 15 is 0 Å². The molecule has 0 aliphatic rings. The number of nitrogens with one attached hydrogen (secondary N) is 1. The van der Waals surface area contributed by atoms with Gasteiger partial charge in [0.05, 0.1) is 47.5 Å². The molecular weight excluding hydrogens is 510 g/mol. The van der Waals surface area contributed by atoms with E-state index in [1.807, 2.05) is 31.2 Å². The minimum atomic E-state index is -0.499. The molecule has 0 fully saturated rings. The monoisotopic (exact) mass is 541 g/mol. The summed E-state index contributed by atoms with van der Waals surface area (Å²) in [6, 6.07) is 8.61. The number of ether oxygens (including phenoxy) is 2. The Hall–Kier alpha value is -3.92. The molecule has 0 bridgehead atoms. The molecule has 0 radical (unpaired) electrons. The average Bonchev–Trinajstić information content (AvgIpc) is 2.91. The molecule has 0 aliphatic carbocycles. The number of amides is 2. The summed E-state index contributed by atoms with van der Waals surface area (Å²) in [5.74, 6) is 0.572. The van der Waals surface area contributed by atoms with E-state index in [1.54, 1.807) is 6.92 Å². The van der Waals surface area contributed by atoms with Crippen molar-refractivity contribution in [1.29, 1.82) is 0 Å². The van der Waals surface area contributed by atoms with E-state index in [2.05, 4.69) is 29.1 Å². The highest BCUT2D eigenvalue weighted by Crippen LogP contribution is 2.37. The first-order valence-electron chi connectivity index (χ1n) is 12.3. The minimum absolute atomic E-state index is 0.0611. The predicted molar refractivity (Wildman–Crippen MR) is 148 cm³/mol. The van der Waals surface area contributed by atoms with Crippen molar-refractivity contribution in [2.45, 2.75) is 53.0 Å². The Bertz CT molecular complexity index is 1310. The molecule has 0 unspecified atom stereocenters. The summed E-state index contributed by atoms with van der Waals surface area (Å²) in [4.78, 5) is 35.1. The van der Waals surface area contributed by atoms with E-state index < -0.39 is 11.0 Å². The Morgan fingerprint density at radius 1 is 1.13 bits per heavy atom. The lowest BCUT2D eigenvalue weighted by Gasteiger charge is -2.26. The fourth-order valence-corrected chi connectivity index (χ4v) is 4.50. The maximum atomic E-state index is 13.9. The lowest BCUT2D eigenvalue weighted by Crippen LogP contribution is -2.35. The smallest absolute Gasteiger partial charge is 0.326 e. The van der Waals surface area contributed by atoms with Crippen LogP contribution in [0.15, 0.2) is 36.5 Å². The van der Waals surface area contributed by atoms with Gasteiger partial charge in [-0.25, -0.2) is 9.78 Å². The topological polar surface area (TPSA) is 120 Å². The number of benzene rings is 2. The Kier molecular flexibility index (Phi) is 9.46. The molecule has 1 N–H and O–H groups in total. The molecule has 2 aromatic carbocycles. The zero-order valence-electron chi connectivity index (χ0n) is 22.4. The van der Waals surface area contributed by atoms with Gasteiger partial charge in [0.25, 0.3) is 5.69 Å². The summed E-state index contributed by atoms with van der Waals surface area (Å²) >= 11 is 6.42. The molecule has 10 nitrogen and oxygen atoms in total. The maximum absolute atomic E-state index is 13.9. The molecule has 0 saturated heterocycles. The Labute approximate surface area is 227 Å². The van der Waals surface area contributed by atoms with Gasteiger partial charge in [-0.1, -0.05) is 51.4 Å². The van der Waals surface area contributed by atoms with E-state index in [4.69, 9.17) is 21.1 Å². The van der Waals surface area contributed by atoms with Crippen LogP contribution in [0.4, 0.5) is 21.9 Å². The largest absolute Gasteiger partial charge is 0.481 e. The summed E-state index contributed by atoms with van der Waals surface area (Å²) in [6.07, 6.45) is 2.34. The van der Waals surface area contributed by atoms with Crippen molar-refractivity contribution in [2.75, 3.05) is 24.4 Å². The van der Waals surface area contributed by atoms with Crippen molar-refractivity contribution < 1.29 is 19.2 Å². The highest BCUT2D eigenvalue weighted by molar-refractivity contribution is 6.32. The molecule has 0 saturated carbocycles. The maximum Gasteiger partial charge on any atom is 0.326 e. The quantitative estimate of drug-likeness (QED) is 0.228. The van der Waals surface area contributed by atoms with Gasteiger partial charge in [-0.3, -0.25) is 15.0 Å². The summed E-state index contributed by atoms with van der Waals surface area (Å²) < 4.78 is 10.5. The number of nitro benzene ring substituents is 1. The zero-order valence-corrected chi connectivity index (χ0v) is 23.1. The highest BCUT2D eigenvalue weighted by atomic mass is 35.5. The number of aromatic nitrogens is 2. The molecule has 202 valence electrons. The third kappa shape index (κ3) is 6.13. The normalized spacial score (nSPS) is 10.8. The van der Waals surface area contributed by atoms with Gasteiger partial charge in [0.2, 0.25) is 5.88 Å². The van der Waals surface area contributed by atoms with Gasteiger partial charge in [0.15, 0.2) is 0 Å². The van der Waals surface area contributed by atoms with Crippen LogP contribution in [-0.2, 0) is 19.4 Å². The molecule has 11 heteroatoms. The van der Waals surface area contributed by atoms with Crippen molar-refractivity contribution in [3.8, 4) is 11.9 Å². The van der Waals surface area contributed by atoms with Gasteiger partial charge in [-0.15, -0.1) is 0 Å². The van der Waals surface area contributed by atoms with E-state index in [-0.39, 0.29) is 29.1 Å². The third-order valence-corrected chi connectivity index (χ3v) is 6.56. The fraction of sp³-hybridized carbons (Fsp3) is 0.370. The van der Waals surface area contributed by atoms with Crippen LogP contribution in [0.5, 0.6) is 11.9 Å². The number of carbonyl (C=O) groups excluding carboxylic acids is 1. The van der Waals surface area contributed by atoms with Gasteiger partial charge in [-0.05, 0) is 42.0 Å². The van der Waals surface area contributed by atoms with Crippen LogP contribution in [0.25, 0.3) is 0 Å². The summed E-state index contributed by atoms with van der Waals surface area (Å²) in [7, 11) is 2.92. The van der Waals surface area contributed by atoms with E-state index in [0.717, 1.165) is 5.56 Å². The van der Waals surface area contributed by atoms with Gasteiger partial charge < -0.3 is 14.8 Å². The van der Waals surface area contributed by atoms with Crippen LogP contribution in [-0.4, -0.2) is 35.1 Å². The second-order valence-corrected chi connectivity index (χ2v) is 9.23. The van der Waals surface area contributed by atoms with Gasteiger partial charge in [-0.2, -0.15) is 4.98 Å². The van der Waals surface area contributed by atoms with E-state index in [9.17, 15) is 14.9 Å². The van der Waals surface area contributed by atoms with E-state index in [0.29, 0.717) is 46.8 Å². The number of hydrogen-bond donors (Lipinski definition) is 1. The standard InChI is InChI=1S/C27H32ClN5O5/c1-7-20-22(28)13-23(33(35)36)21(8-2)24(20)30-27(34)32(19-11-9-17(10-12-19)16(3)4)15-18-14-29-26(38-6)31-25(18)37-5/h9-14,16H,7-8,15H2,1-6H3,(H,30,34). The van der Waals surface area contributed by atoms with Crippen molar-refractivity contribution in [3.63, 3.8) is 0 Å². The lowest BCUT2D eigenvalue weighted by molar-refractivity contribution is -0.385. The van der Waals surface area contributed by atoms with Crippen molar-refractivity contribution in [3.05, 3.63) is 73.9 Å². The first-order chi connectivity index (χ1) is 18.1. The Morgan fingerprint density at radius 3 is 2.32 bits per heavy atom. The SMILES string of the molecule is CCc1c(Cl)cc([N+](=O)[O-])c(CC)c1NC(=O)N(Cc1cnc(OC)nc1OC)c1ccc(C(C)C)cc1. The van der Waals surface area contributed by atoms with Crippen molar-refractivity contribution in [1.82, 2.24) is 9.97 Å². The number of hydrogen-bond acceptors (Lipinski definition) is 7. The summed E-state index contributed by atoms with van der Waals surface area (Å²) in [6.45, 7) is 7.91. The molecule has 0 aliphatic heterocycles. The zero-order chi connectivity index (χ0) is 28.0. The number of urea groups is 1. The van der Waals surface area contributed by atoms with Crippen LogP contribution < -0.4 is 19.7 Å². The first kappa shape index (κ1) is 28.6. The molecule has 1 heterocycles. The fourth-order valence-electron chi connectivity index (χ4n) is 4.16. The van der Waals surface area contributed by atoms with Crippen molar-refractivity contribution >= 4 is 34.7 Å². The van der Waals surface area contributed by atoms with E-state index in [1.165, 1.54) is 31.4 Å². The van der Waals surface area contributed by atoms with Crippen molar-refractivity contribution in [2.24, 2.45) is 0 Å².